The van der Waals surface area contributed by atoms with E-state index < -0.39 is 6.17 Å². The fourth-order valence-electron chi connectivity index (χ4n) is 1.72. The van der Waals surface area contributed by atoms with E-state index >= 15 is 0 Å². The van der Waals surface area contributed by atoms with Crippen molar-refractivity contribution in [1.29, 1.82) is 0 Å². The molecule has 0 amide bonds. The van der Waals surface area contributed by atoms with Gasteiger partial charge in [-0.1, -0.05) is 6.58 Å². The zero-order chi connectivity index (χ0) is 9.26. The van der Waals surface area contributed by atoms with Crippen molar-refractivity contribution < 1.29 is 4.39 Å². The Kier molecular flexibility index (Phi) is 2.12. The van der Waals surface area contributed by atoms with Gasteiger partial charge in [-0.15, -0.1) is 0 Å². The maximum atomic E-state index is 13.3. The number of nitrogens with zero attached hydrogens (tertiary/aromatic N) is 3. The molecule has 1 aliphatic carbocycles. The van der Waals surface area contributed by atoms with Gasteiger partial charge in [0.15, 0.2) is 0 Å². The second-order valence-electron chi connectivity index (χ2n) is 3.34. The van der Waals surface area contributed by atoms with Gasteiger partial charge >= 0.3 is 0 Å². The van der Waals surface area contributed by atoms with Gasteiger partial charge in [-0.2, -0.15) is 15.0 Å². The molecule has 2 atom stereocenters. The van der Waals surface area contributed by atoms with E-state index in [1.165, 1.54) is 0 Å². The van der Waals surface area contributed by atoms with Crippen LogP contribution in [0.2, 0.25) is 0 Å². The Balaban J connectivity index is 2.19. The predicted octanol–water partition coefficient (Wildman–Crippen LogP) is 1.90. The molecule has 13 heavy (non-hydrogen) atoms. The first-order valence-electron chi connectivity index (χ1n) is 4.47. The lowest BCUT2D eigenvalue weighted by molar-refractivity contribution is 0.259. The van der Waals surface area contributed by atoms with Crippen LogP contribution < -0.4 is 0 Å². The van der Waals surface area contributed by atoms with Crippen LogP contribution in [0.4, 0.5) is 4.39 Å². The molecule has 0 radical (unpaired) electrons. The fraction of sp³-hybridized carbons (Fsp3) is 0.556. The van der Waals surface area contributed by atoms with E-state index in [1.807, 2.05) is 0 Å². The van der Waals surface area contributed by atoms with Gasteiger partial charge in [-0.05, 0) is 24.8 Å². The third kappa shape index (κ3) is 1.48. The van der Waals surface area contributed by atoms with Gasteiger partial charge in [-0.25, -0.2) is 4.39 Å². The predicted molar refractivity (Wildman–Crippen MR) is 46.9 cm³/mol. The zero-order valence-electron chi connectivity index (χ0n) is 7.36. The quantitative estimate of drug-likeness (QED) is 0.619. The van der Waals surface area contributed by atoms with Crippen molar-refractivity contribution in [1.82, 2.24) is 15.0 Å². The van der Waals surface area contributed by atoms with E-state index in [9.17, 15) is 4.39 Å². The van der Waals surface area contributed by atoms with Gasteiger partial charge in [0, 0.05) is 0 Å². The minimum absolute atomic E-state index is 0.0428. The first kappa shape index (κ1) is 8.41. The van der Waals surface area contributed by atoms with E-state index in [0.717, 1.165) is 12.8 Å². The van der Waals surface area contributed by atoms with Gasteiger partial charge in [-0.3, -0.25) is 0 Å². The van der Waals surface area contributed by atoms with Crippen molar-refractivity contribution in [3.05, 3.63) is 24.5 Å². The molecular weight excluding hydrogens is 169 g/mol. The molecule has 0 bridgehead atoms. The summed E-state index contributed by atoms with van der Waals surface area (Å²) in [7, 11) is 0. The van der Waals surface area contributed by atoms with Crippen molar-refractivity contribution in [2.24, 2.45) is 0 Å². The molecule has 1 saturated carbocycles. The van der Waals surface area contributed by atoms with E-state index in [4.69, 9.17) is 0 Å². The monoisotopic (exact) mass is 181 g/mol. The molecule has 1 aromatic rings. The number of aromatic nitrogens is 3. The van der Waals surface area contributed by atoms with Crippen LogP contribution in [0.25, 0.3) is 0 Å². The highest BCUT2D eigenvalue weighted by Gasteiger charge is 2.27. The largest absolute Gasteiger partial charge is 0.243 e. The minimum atomic E-state index is -0.884. The number of rotatable bonds is 1. The molecule has 1 fully saturated rings. The van der Waals surface area contributed by atoms with Gasteiger partial charge in [0.1, 0.15) is 6.17 Å². The van der Waals surface area contributed by atoms with Crippen molar-refractivity contribution >= 4 is 0 Å². The first-order valence-corrected chi connectivity index (χ1v) is 4.47. The van der Waals surface area contributed by atoms with Gasteiger partial charge in [0.25, 0.3) is 0 Å². The number of hydrogen-bond acceptors (Lipinski definition) is 2. The van der Waals surface area contributed by atoms with Crippen LogP contribution in [0, 0.1) is 0 Å². The number of hydrogen-bond donors (Lipinski definition) is 0. The summed E-state index contributed by atoms with van der Waals surface area (Å²) in [5, 5.41) is 8.01. The minimum Gasteiger partial charge on any atom is -0.243 e. The number of allylic oxidation sites excluding steroid dienone is 1. The molecule has 1 aliphatic rings. The molecule has 3 nitrogen and oxygen atoms in total. The highest BCUT2D eigenvalue weighted by atomic mass is 19.1. The van der Waals surface area contributed by atoms with Crippen LogP contribution >= 0.6 is 0 Å². The van der Waals surface area contributed by atoms with Crippen molar-refractivity contribution in [3.8, 4) is 0 Å². The molecule has 2 rings (SSSR count). The second-order valence-corrected chi connectivity index (χ2v) is 3.34. The summed E-state index contributed by atoms with van der Waals surface area (Å²) in [5.41, 5.74) is 0.613. The molecule has 2 unspecified atom stereocenters. The summed E-state index contributed by atoms with van der Waals surface area (Å²) in [5.74, 6) is 0. The molecule has 0 aliphatic heterocycles. The average molecular weight is 181 g/mol. The molecule has 0 saturated heterocycles. The molecular formula is C9H12FN3. The molecule has 70 valence electrons. The zero-order valence-corrected chi connectivity index (χ0v) is 7.36. The van der Waals surface area contributed by atoms with Gasteiger partial charge in [0.2, 0.25) is 0 Å². The summed E-state index contributed by atoms with van der Waals surface area (Å²) in [6.07, 6.45) is 4.70. The van der Waals surface area contributed by atoms with Crippen LogP contribution in [0.3, 0.4) is 0 Å². The normalized spacial score (nSPS) is 29.2. The average Bonchev–Trinajstić information content (AvgIpc) is 2.62. The Morgan fingerprint density at radius 1 is 1.38 bits per heavy atom. The maximum Gasteiger partial charge on any atom is 0.123 e. The lowest BCUT2D eigenvalue weighted by Gasteiger charge is -2.26. The Bertz CT molecular complexity index is 294. The molecule has 0 spiro atoms. The molecule has 1 heterocycles. The van der Waals surface area contributed by atoms with Crippen LogP contribution in [0.5, 0.6) is 0 Å². The SMILES string of the molecule is C=C1C(F)CCCC1n1nccn1. The van der Waals surface area contributed by atoms with E-state index in [0.29, 0.717) is 12.0 Å². The highest BCUT2D eigenvalue weighted by molar-refractivity contribution is 5.11. The first-order chi connectivity index (χ1) is 6.29. The molecule has 0 N–H and O–H groups in total. The second kappa shape index (κ2) is 3.28. The Hall–Kier alpha value is -1.19. The van der Waals surface area contributed by atoms with E-state index in [-0.39, 0.29) is 6.04 Å². The van der Waals surface area contributed by atoms with Crippen molar-refractivity contribution in [3.63, 3.8) is 0 Å². The van der Waals surface area contributed by atoms with Crippen LogP contribution in [-0.4, -0.2) is 21.2 Å². The summed E-state index contributed by atoms with van der Waals surface area (Å²) >= 11 is 0. The Morgan fingerprint density at radius 3 is 2.77 bits per heavy atom. The third-order valence-corrected chi connectivity index (χ3v) is 2.48. The fourth-order valence-corrected chi connectivity index (χ4v) is 1.72. The van der Waals surface area contributed by atoms with Crippen molar-refractivity contribution in [2.75, 3.05) is 0 Å². The molecule has 0 aromatic carbocycles. The Labute approximate surface area is 76.3 Å². The number of alkyl halides is 1. The van der Waals surface area contributed by atoms with Crippen LogP contribution in [0.1, 0.15) is 25.3 Å². The summed E-state index contributed by atoms with van der Waals surface area (Å²) < 4.78 is 13.3. The summed E-state index contributed by atoms with van der Waals surface area (Å²) in [6, 6.07) is -0.0428. The summed E-state index contributed by atoms with van der Waals surface area (Å²) in [6.45, 7) is 3.76. The van der Waals surface area contributed by atoms with Crippen molar-refractivity contribution in [2.45, 2.75) is 31.5 Å². The lowest BCUT2D eigenvalue weighted by Crippen LogP contribution is -2.24. The van der Waals surface area contributed by atoms with E-state index in [2.05, 4.69) is 16.8 Å². The third-order valence-electron chi connectivity index (χ3n) is 2.48. The highest BCUT2D eigenvalue weighted by Crippen LogP contribution is 2.32. The van der Waals surface area contributed by atoms with E-state index in [1.54, 1.807) is 17.2 Å². The topological polar surface area (TPSA) is 30.7 Å². The maximum absolute atomic E-state index is 13.3. The molecule has 1 aromatic heterocycles. The van der Waals surface area contributed by atoms with Gasteiger partial charge in [0.05, 0.1) is 18.4 Å². The smallest absolute Gasteiger partial charge is 0.123 e. The lowest BCUT2D eigenvalue weighted by atomic mass is 9.90. The Morgan fingerprint density at radius 2 is 2.08 bits per heavy atom. The van der Waals surface area contributed by atoms with Gasteiger partial charge < -0.3 is 0 Å². The van der Waals surface area contributed by atoms with Crippen LogP contribution in [0.15, 0.2) is 24.5 Å². The summed E-state index contributed by atoms with van der Waals surface area (Å²) in [4.78, 5) is 1.55. The molecule has 4 heteroatoms. The van der Waals surface area contributed by atoms with Crippen LogP contribution in [-0.2, 0) is 0 Å². The standard InChI is InChI=1S/C9H12FN3/c1-7-8(10)3-2-4-9(7)13-11-5-6-12-13/h5-6,8-9H,1-4H2. The number of halogens is 1.